The summed E-state index contributed by atoms with van der Waals surface area (Å²) in [5.74, 6) is 0.224. The van der Waals surface area contributed by atoms with E-state index in [1.54, 1.807) is 0 Å². The SMILES string of the molecule is Cc1ccccc1N1CC2CNCCN2CC1=O. The maximum absolute atomic E-state index is 12.3. The Bertz CT molecular complexity index is 460. The molecule has 3 rings (SSSR count). The summed E-state index contributed by atoms with van der Waals surface area (Å²) in [6.45, 7) is 6.38. The van der Waals surface area contributed by atoms with Crippen LogP contribution in [-0.4, -0.2) is 49.6 Å². The molecular formula is C14H19N3O. The highest BCUT2D eigenvalue weighted by molar-refractivity contribution is 5.96. The van der Waals surface area contributed by atoms with Gasteiger partial charge in [-0.1, -0.05) is 18.2 Å². The Kier molecular flexibility index (Phi) is 3.06. The predicted octanol–water partition coefficient (Wildman–Crippen LogP) is 0.615. The molecule has 2 aliphatic heterocycles. The van der Waals surface area contributed by atoms with Crippen molar-refractivity contribution in [3.05, 3.63) is 29.8 Å². The number of nitrogens with one attached hydrogen (secondary N) is 1. The molecular weight excluding hydrogens is 226 g/mol. The standard InChI is InChI=1S/C14H19N3O/c1-11-4-2-3-5-13(11)17-9-12-8-15-6-7-16(12)10-14(17)18/h2-5,12,15H,6-10H2,1H3. The number of nitrogens with zero attached hydrogens (tertiary/aromatic N) is 2. The molecule has 1 aromatic carbocycles. The lowest BCUT2D eigenvalue weighted by molar-refractivity contribution is -0.122. The summed E-state index contributed by atoms with van der Waals surface area (Å²) in [6, 6.07) is 8.58. The van der Waals surface area contributed by atoms with Crippen molar-refractivity contribution in [1.82, 2.24) is 10.2 Å². The Morgan fingerprint density at radius 3 is 3.00 bits per heavy atom. The normalized spacial score (nSPS) is 25.1. The average Bonchev–Trinajstić information content (AvgIpc) is 2.39. The van der Waals surface area contributed by atoms with Crippen LogP contribution in [0.25, 0.3) is 0 Å². The predicted molar refractivity (Wildman–Crippen MR) is 71.8 cm³/mol. The Hall–Kier alpha value is -1.39. The monoisotopic (exact) mass is 245 g/mol. The van der Waals surface area contributed by atoms with Gasteiger partial charge in [-0.3, -0.25) is 9.69 Å². The molecule has 96 valence electrons. The molecule has 2 aliphatic rings. The molecule has 1 unspecified atom stereocenters. The van der Waals surface area contributed by atoms with Crippen LogP contribution < -0.4 is 10.2 Å². The Labute approximate surface area is 108 Å². The van der Waals surface area contributed by atoms with E-state index in [1.807, 2.05) is 23.1 Å². The Morgan fingerprint density at radius 2 is 2.17 bits per heavy atom. The van der Waals surface area contributed by atoms with Gasteiger partial charge in [0.25, 0.3) is 0 Å². The van der Waals surface area contributed by atoms with Gasteiger partial charge in [-0.2, -0.15) is 0 Å². The molecule has 18 heavy (non-hydrogen) atoms. The minimum Gasteiger partial charge on any atom is -0.314 e. The molecule has 0 bridgehead atoms. The molecule has 0 spiro atoms. The Morgan fingerprint density at radius 1 is 1.33 bits per heavy atom. The molecule has 1 aromatic rings. The van der Waals surface area contributed by atoms with E-state index in [4.69, 9.17) is 0 Å². The van der Waals surface area contributed by atoms with Crippen LogP contribution in [0.4, 0.5) is 5.69 Å². The second-order valence-electron chi connectivity index (χ2n) is 5.12. The number of carbonyl (C=O) groups is 1. The number of piperazine rings is 2. The number of fused-ring (bicyclic) bond motifs is 1. The van der Waals surface area contributed by atoms with Gasteiger partial charge in [-0.15, -0.1) is 0 Å². The fourth-order valence-corrected chi connectivity index (χ4v) is 2.86. The van der Waals surface area contributed by atoms with E-state index in [9.17, 15) is 4.79 Å². The van der Waals surface area contributed by atoms with Gasteiger partial charge >= 0.3 is 0 Å². The highest BCUT2D eigenvalue weighted by Crippen LogP contribution is 2.23. The molecule has 2 saturated heterocycles. The fourth-order valence-electron chi connectivity index (χ4n) is 2.86. The van der Waals surface area contributed by atoms with Gasteiger partial charge < -0.3 is 10.2 Å². The van der Waals surface area contributed by atoms with Crippen LogP contribution in [0.15, 0.2) is 24.3 Å². The minimum absolute atomic E-state index is 0.224. The number of amides is 1. The van der Waals surface area contributed by atoms with Gasteiger partial charge in [-0.05, 0) is 18.6 Å². The topological polar surface area (TPSA) is 35.6 Å². The van der Waals surface area contributed by atoms with E-state index < -0.39 is 0 Å². The summed E-state index contributed by atoms with van der Waals surface area (Å²) in [7, 11) is 0. The van der Waals surface area contributed by atoms with Crippen LogP contribution in [0.5, 0.6) is 0 Å². The summed E-state index contributed by atoms with van der Waals surface area (Å²) >= 11 is 0. The van der Waals surface area contributed by atoms with Crippen LogP contribution >= 0.6 is 0 Å². The number of hydrogen-bond donors (Lipinski definition) is 1. The number of hydrogen-bond acceptors (Lipinski definition) is 3. The molecule has 1 atom stereocenters. The summed E-state index contributed by atoms with van der Waals surface area (Å²) in [4.78, 5) is 16.5. The van der Waals surface area contributed by atoms with Crippen molar-refractivity contribution in [2.45, 2.75) is 13.0 Å². The number of carbonyl (C=O) groups excluding carboxylic acids is 1. The van der Waals surface area contributed by atoms with Gasteiger partial charge in [0.15, 0.2) is 0 Å². The second kappa shape index (κ2) is 4.71. The molecule has 4 nitrogen and oxygen atoms in total. The van der Waals surface area contributed by atoms with Crippen molar-refractivity contribution in [2.24, 2.45) is 0 Å². The summed E-state index contributed by atoms with van der Waals surface area (Å²) in [5, 5.41) is 3.41. The third-order valence-corrected chi connectivity index (χ3v) is 3.91. The minimum atomic E-state index is 0.224. The highest BCUT2D eigenvalue weighted by atomic mass is 16.2. The Balaban J connectivity index is 1.85. The van der Waals surface area contributed by atoms with Crippen molar-refractivity contribution in [1.29, 1.82) is 0 Å². The van der Waals surface area contributed by atoms with Crippen LogP contribution in [0.3, 0.4) is 0 Å². The number of para-hydroxylation sites is 1. The first-order chi connectivity index (χ1) is 8.75. The van der Waals surface area contributed by atoms with Gasteiger partial charge in [-0.25, -0.2) is 0 Å². The van der Waals surface area contributed by atoms with E-state index in [0.29, 0.717) is 12.6 Å². The second-order valence-corrected chi connectivity index (χ2v) is 5.12. The summed E-state index contributed by atoms with van der Waals surface area (Å²) in [6.07, 6.45) is 0. The van der Waals surface area contributed by atoms with Crippen molar-refractivity contribution in [2.75, 3.05) is 37.6 Å². The molecule has 1 amide bonds. The first-order valence-electron chi connectivity index (χ1n) is 6.56. The van der Waals surface area contributed by atoms with E-state index in [-0.39, 0.29) is 5.91 Å². The van der Waals surface area contributed by atoms with Crippen LogP contribution in [0.1, 0.15) is 5.56 Å². The molecule has 0 saturated carbocycles. The number of aryl methyl sites for hydroxylation is 1. The van der Waals surface area contributed by atoms with Gasteiger partial charge in [0.1, 0.15) is 0 Å². The highest BCUT2D eigenvalue weighted by Gasteiger charge is 2.34. The van der Waals surface area contributed by atoms with Crippen molar-refractivity contribution < 1.29 is 4.79 Å². The largest absolute Gasteiger partial charge is 0.314 e. The van der Waals surface area contributed by atoms with Crippen LogP contribution in [0.2, 0.25) is 0 Å². The van der Waals surface area contributed by atoms with Crippen molar-refractivity contribution in [3.8, 4) is 0 Å². The van der Waals surface area contributed by atoms with Gasteiger partial charge in [0.2, 0.25) is 5.91 Å². The first kappa shape index (κ1) is 11.7. The van der Waals surface area contributed by atoms with Crippen LogP contribution in [0, 0.1) is 6.92 Å². The average molecular weight is 245 g/mol. The zero-order valence-electron chi connectivity index (χ0n) is 10.7. The van der Waals surface area contributed by atoms with E-state index in [2.05, 4.69) is 23.2 Å². The lowest BCUT2D eigenvalue weighted by atomic mass is 10.1. The molecule has 1 N–H and O–H groups in total. The first-order valence-corrected chi connectivity index (χ1v) is 6.56. The van der Waals surface area contributed by atoms with Crippen LogP contribution in [-0.2, 0) is 4.79 Å². The quantitative estimate of drug-likeness (QED) is 0.787. The van der Waals surface area contributed by atoms with Gasteiger partial charge in [0, 0.05) is 37.9 Å². The fraction of sp³-hybridized carbons (Fsp3) is 0.500. The van der Waals surface area contributed by atoms with Crippen molar-refractivity contribution in [3.63, 3.8) is 0 Å². The molecule has 4 heteroatoms. The van der Waals surface area contributed by atoms with Gasteiger partial charge in [0.05, 0.1) is 6.54 Å². The molecule has 2 fully saturated rings. The van der Waals surface area contributed by atoms with E-state index in [1.165, 1.54) is 5.56 Å². The zero-order chi connectivity index (χ0) is 12.5. The molecule has 0 aliphatic carbocycles. The molecule has 0 aromatic heterocycles. The maximum atomic E-state index is 12.3. The number of anilines is 1. The lowest BCUT2D eigenvalue weighted by Crippen LogP contribution is -2.63. The van der Waals surface area contributed by atoms with E-state index in [0.717, 1.165) is 31.9 Å². The smallest absolute Gasteiger partial charge is 0.241 e. The van der Waals surface area contributed by atoms with E-state index >= 15 is 0 Å². The lowest BCUT2D eigenvalue weighted by Gasteiger charge is -2.44. The number of rotatable bonds is 1. The summed E-state index contributed by atoms with van der Waals surface area (Å²) in [5.41, 5.74) is 2.23. The zero-order valence-corrected chi connectivity index (χ0v) is 10.7. The van der Waals surface area contributed by atoms with Crippen molar-refractivity contribution >= 4 is 11.6 Å². The molecule has 0 radical (unpaired) electrons. The third-order valence-electron chi connectivity index (χ3n) is 3.91. The molecule has 2 heterocycles. The summed E-state index contributed by atoms with van der Waals surface area (Å²) < 4.78 is 0. The number of benzene rings is 1. The maximum Gasteiger partial charge on any atom is 0.241 e. The third kappa shape index (κ3) is 2.02.